The van der Waals surface area contributed by atoms with Crippen LogP contribution in [0.25, 0.3) is 44.5 Å². The van der Waals surface area contributed by atoms with E-state index in [0.717, 1.165) is 210 Å². The van der Waals surface area contributed by atoms with Crippen LogP contribution >= 0.6 is 15.9 Å². The second-order valence-electron chi connectivity index (χ2n) is 28.9. The maximum Gasteiger partial charge on any atom is 0.490 e. The maximum absolute atomic E-state index is 13.2. The fourth-order valence-corrected chi connectivity index (χ4v) is 13.7. The molecule has 5 aliphatic rings. The van der Waals surface area contributed by atoms with Crippen molar-refractivity contribution >= 4 is 68.8 Å². The van der Waals surface area contributed by atoms with Crippen LogP contribution in [0.3, 0.4) is 0 Å². The van der Waals surface area contributed by atoms with Gasteiger partial charge < -0.3 is 74.0 Å². The molecule has 5 N–H and O–H groups in total. The minimum absolute atomic E-state index is 0.144. The van der Waals surface area contributed by atoms with Gasteiger partial charge >= 0.3 is 13.1 Å². The van der Waals surface area contributed by atoms with E-state index in [1.54, 1.807) is 48.9 Å². The lowest BCUT2D eigenvalue weighted by atomic mass is 9.82. The Bertz CT molecular complexity index is 5240. The Labute approximate surface area is 735 Å². The molecule has 12 aromatic rings. The van der Waals surface area contributed by atoms with Gasteiger partial charge in [0.2, 0.25) is 17.8 Å². The van der Waals surface area contributed by atoms with Gasteiger partial charge in [0.25, 0.3) is 0 Å². The monoisotopic (exact) mass is 1760 g/mol. The molecule has 29 heteroatoms. The number of halogens is 5. The summed E-state index contributed by atoms with van der Waals surface area (Å²) in [6, 6.07) is 73.7. The SMILES string of the molecule is Brc1ccc(N2CCOCC2)cc1.COC(=O)Cc1ccc(-c2ccc(N3CCOCC3)cc2)cn1.Fc1ccc(-c2ccc(N3CCOCC3)cc2)cn1.N#CCc1ccc(-c2ccc(N3CCOCC3)cc2)cn1.NCc1cccc(F)c1.O=C(Cc1ccc(-c2ccc(N3CCOCC3)cc2)cn1)NCc1cccc(F)c1.OB(O)c1ccc(F)nc1. The van der Waals surface area contributed by atoms with Crippen LogP contribution in [0.4, 0.5) is 46.0 Å². The number of carbonyl (C=O) groups is 2. The molecule has 0 aliphatic carbocycles. The molecular weight excluding hydrogens is 1660 g/mol. The van der Waals surface area contributed by atoms with E-state index in [0.29, 0.717) is 30.9 Å². The van der Waals surface area contributed by atoms with Crippen LogP contribution < -0.4 is 41.0 Å². The molecule has 648 valence electrons. The fourth-order valence-electron chi connectivity index (χ4n) is 13.4. The number of aromatic nitrogens is 5. The first kappa shape index (κ1) is 93.4. The van der Waals surface area contributed by atoms with Crippen LogP contribution in [0.2, 0.25) is 0 Å². The van der Waals surface area contributed by atoms with E-state index in [-0.39, 0.29) is 41.8 Å². The Morgan fingerprint density at radius 3 is 1.05 bits per heavy atom. The van der Waals surface area contributed by atoms with E-state index in [1.807, 2.05) is 54.7 Å². The van der Waals surface area contributed by atoms with Crippen LogP contribution in [0.5, 0.6) is 0 Å². The van der Waals surface area contributed by atoms with Crippen molar-refractivity contribution in [1.29, 1.82) is 5.26 Å². The highest BCUT2D eigenvalue weighted by Crippen LogP contribution is 2.29. The number of nitrogens with two attached hydrogens (primary N) is 1. The van der Waals surface area contributed by atoms with Gasteiger partial charge in [0, 0.05) is 176 Å². The Kier molecular flexibility index (Phi) is 37.7. The van der Waals surface area contributed by atoms with Crippen molar-refractivity contribution in [2.75, 3.05) is 163 Å². The minimum atomic E-state index is -1.58. The normalized spacial score (nSPS) is 14.1. The number of anilines is 5. The van der Waals surface area contributed by atoms with Crippen LogP contribution in [-0.2, 0) is 70.4 Å². The van der Waals surface area contributed by atoms with E-state index in [1.165, 1.54) is 71.9 Å². The summed E-state index contributed by atoms with van der Waals surface area (Å²) in [5.74, 6) is -2.04. The van der Waals surface area contributed by atoms with E-state index in [4.69, 9.17) is 44.7 Å². The van der Waals surface area contributed by atoms with Crippen LogP contribution in [0.15, 0.2) is 266 Å². The molecule has 1 amide bonds. The summed E-state index contributed by atoms with van der Waals surface area (Å²) in [4.78, 5) is 55.0. The predicted octanol–water partition coefficient (Wildman–Crippen LogP) is 13.7. The Morgan fingerprint density at radius 1 is 0.424 bits per heavy atom. The minimum Gasteiger partial charge on any atom is -0.469 e. The van der Waals surface area contributed by atoms with Crippen LogP contribution in [0, 0.1) is 34.9 Å². The number of esters is 1. The first-order valence-electron chi connectivity index (χ1n) is 41.2. The number of hydrogen-bond acceptors (Lipinski definition) is 22. The molecule has 0 spiro atoms. The predicted molar refractivity (Wildman–Crippen MR) is 483 cm³/mol. The van der Waals surface area contributed by atoms with E-state index >= 15 is 0 Å². The molecule has 0 radical (unpaired) electrons. The average molecular weight is 1760 g/mol. The lowest BCUT2D eigenvalue weighted by Gasteiger charge is -2.28. The number of benzene rings is 7. The number of hydrogen-bond donors (Lipinski definition) is 4. The standard InChI is InChI=1S/C24H24FN3O2.C18H20N2O3.C17H17N3O.C15H15FN2O.C10H12BrNO.C7H8FN.C5H5BFNO2/c25-21-3-1-2-18(14-21)16-27-24(29)15-22-7-4-20(17-26-22)19-5-8-23(9-6-19)28-10-12-30-13-11-28;1-22-18(21)12-16-5-2-15(13-19-16)14-3-6-17(7-4-14)20-8-10-23-11-9-20;18-8-7-16-4-1-15(13-19-16)14-2-5-17(6-3-14)20-9-11-21-12-10-20;16-15-6-3-13(11-17-15)12-1-4-14(5-2-12)18-7-9-19-10-8-18;11-9-1-3-10(4-2-9)12-5-7-13-8-6-12;8-7-3-1-2-6(4-7)5-9;7-5-2-1-4(3-8-5)6(9)10/h1-9,14,17H,10-13,15-16H2,(H,27,29);2-7,13H,8-12H2,1H3;1-6,13H,7,9-12H2;1-6,11H,7-10H2;1-4H,5-8H2;1-4H,5,9H2;1-3,9-10H. The Hall–Kier alpha value is -12.3. The topological polar surface area (TPSA) is 272 Å². The van der Waals surface area contributed by atoms with Crippen molar-refractivity contribution in [3.63, 3.8) is 0 Å². The van der Waals surface area contributed by atoms with Gasteiger partial charge in [-0.1, -0.05) is 113 Å². The van der Waals surface area contributed by atoms with E-state index < -0.39 is 19.0 Å². The highest BCUT2D eigenvalue weighted by Gasteiger charge is 2.18. The summed E-state index contributed by atoms with van der Waals surface area (Å²) in [7, 11) is -0.194. The Morgan fingerprint density at radius 2 is 0.744 bits per heavy atom. The number of methoxy groups -OCH3 is 1. The Balaban J connectivity index is 0.000000146. The second-order valence-corrected chi connectivity index (χ2v) is 29.9. The number of nitriles is 1. The third-order valence-electron chi connectivity index (χ3n) is 20.4. The average Bonchev–Trinajstić information content (AvgIpc) is 0.852. The molecule has 5 aliphatic heterocycles. The molecule has 5 fully saturated rings. The molecule has 0 bridgehead atoms. The first-order chi connectivity index (χ1) is 61.0. The molecule has 7 aromatic carbocycles. The third kappa shape index (κ3) is 31.1. The van der Waals surface area contributed by atoms with Crippen molar-refractivity contribution in [1.82, 2.24) is 30.2 Å². The summed E-state index contributed by atoms with van der Waals surface area (Å²) in [5.41, 5.74) is 23.8. The summed E-state index contributed by atoms with van der Waals surface area (Å²) in [6.45, 7) is 18.1. The highest BCUT2D eigenvalue weighted by molar-refractivity contribution is 9.10. The highest BCUT2D eigenvalue weighted by atomic mass is 79.9. The maximum atomic E-state index is 13.2. The summed E-state index contributed by atoms with van der Waals surface area (Å²) in [5, 5.41) is 28.5. The molecule has 5 saturated heterocycles. The number of ether oxygens (including phenoxy) is 6. The van der Waals surface area contributed by atoms with Crippen molar-refractivity contribution in [3.8, 4) is 50.6 Å². The number of nitrogens with one attached hydrogen (secondary N) is 1. The van der Waals surface area contributed by atoms with Gasteiger partial charge in [0.05, 0.1) is 110 Å². The molecule has 0 saturated carbocycles. The molecular formula is C96H101BBrF4N13O10. The first-order valence-corrected chi connectivity index (χ1v) is 41.9. The fraction of sp³-hybridized carbons (Fsp3) is 0.271. The molecule has 10 heterocycles. The van der Waals surface area contributed by atoms with Gasteiger partial charge in [-0.25, -0.2) is 18.7 Å². The number of amides is 1. The van der Waals surface area contributed by atoms with Crippen LogP contribution in [0.1, 0.15) is 28.2 Å². The molecule has 0 atom stereocenters. The zero-order valence-corrected chi connectivity index (χ0v) is 71.2. The summed E-state index contributed by atoms with van der Waals surface area (Å²) in [6.07, 6.45) is 8.78. The van der Waals surface area contributed by atoms with E-state index in [9.17, 15) is 27.2 Å². The van der Waals surface area contributed by atoms with Gasteiger partial charge in [-0.15, -0.1) is 0 Å². The number of rotatable bonds is 18. The number of pyridine rings is 5. The van der Waals surface area contributed by atoms with Crippen LogP contribution in [-0.4, -0.2) is 193 Å². The lowest BCUT2D eigenvalue weighted by Crippen LogP contribution is -2.36. The molecule has 5 aromatic heterocycles. The van der Waals surface area contributed by atoms with Gasteiger partial charge in [-0.2, -0.15) is 14.0 Å². The van der Waals surface area contributed by atoms with Gasteiger partial charge in [-0.3, -0.25) is 24.5 Å². The van der Waals surface area contributed by atoms with Crippen molar-refractivity contribution in [3.05, 3.63) is 318 Å². The molecule has 0 unspecified atom stereocenters. The van der Waals surface area contributed by atoms with Gasteiger partial charge in [0.15, 0.2) is 0 Å². The summed E-state index contributed by atoms with van der Waals surface area (Å²) < 4.78 is 82.9. The zero-order chi connectivity index (χ0) is 87.8. The lowest BCUT2D eigenvalue weighted by molar-refractivity contribution is -0.139. The number of carbonyl (C=O) groups excluding carboxylic acids is 2. The third-order valence-corrected chi connectivity index (χ3v) is 20.9. The molecule has 23 nitrogen and oxygen atoms in total. The van der Waals surface area contributed by atoms with Crippen molar-refractivity contribution in [2.24, 2.45) is 5.73 Å². The summed E-state index contributed by atoms with van der Waals surface area (Å²) >= 11 is 3.43. The van der Waals surface area contributed by atoms with Crippen molar-refractivity contribution < 1.29 is 65.6 Å². The number of morpholine rings is 5. The number of nitrogens with zero attached hydrogens (tertiary/aromatic N) is 11. The second kappa shape index (κ2) is 50.4. The van der Waals surface area contributed by atoms with Crippen molar-refractivity contribution in [2.45, 2.75) is 32.4 Å². The molecule has 125 heavy (non-hydrogen) atoms. The van der Waals surface area contributed by atoms with Gasteiger partial charge in [0.1, 0.15) is 11.6 Å². The largest absolute Gasteiger partial charge is 0.490 e. The quantitative estimate of drug-likeness (QED) is 0.0269. The zero-order valence-electron chi connectivity index (χ0n) is 69.6. The molecule has 17 rings (SSSR count). The van der Waals surface area contributed by atoms with Gasteiger partial charge in [-0.05, 0) is 167 Å². The smallest absolute Gasteiger partial charge is 0.469 e. The van der Waals surface area contributed by atoms with E-state index in [2.05, 4.69) is 191 Å².